The Balaban J connectivity index is 4.58. The van der Waals surface area contributed by atoms with Gasteiger partial charge in [-0.25, -0.2) is 4.79 Å². The van der Waals surface area contributed by atoms with Gasteiger partial charge in [-0.05, 0) is 37.9 Å². The number of carbonyl (C=O) groups excluding carboxylic acids is 1. The lowest BCUT2D eigenvalue weighted by Gasteiger charge is -2.28. The number of nitrogens with zero attached hydrogens (tertiary/aromatic N) is 2. The van der Waals surface area contributed by atoms with E-state index in [0.29, 0.717) is 5.11 Å². The summed E-state index contributed by atoms with van der Waals surface area (Å²) >= 11 is 5.49. The summed E-state index contributed by atoms with van der Waals surface area (Å²) in [5.74, 6) is 0. The maximum atomic E-state index is 12.5. The number of thiocarbonyl (C=S) groups is 1. The van der Waals surface area contributed by atoms with Crippen LogP contribution < -0.4 is 5.32 Å². The molecule has 0 atom stereocenters. The average molecular weight is 344 g/mol. The Hall–Kier alpha value is -0.840. The van der Waals surface area contributed by atoms with E-state index in [-0.39, 0.29) is 6.03 Å². The standard InChI is InChI=1S/C18H37N3OS/c1-5-9-13-20(14-10-6-2)17(22)19-18(23)21(15-11-7-3)16-12-8-4/h5-16H2,1-4H3,(H,19,22,23). The Morgan fingerprint density at radius 2 is 1.09 bits per heavy atom. The van der Waals surface area contributed by atoms with Crippen LogP contribution in [-0.2, 0) is 0 Å². The van der Waals surface area contributed by atoms with Gasteiger partial charge in [-0.2, -0.15) is 0 Å². The molecule has 0 fully saturated rings. The zero-order valence-corrected chi connectivity index (χ0v) is 16.5. The molecular formula is C18H37N3OS. The van der Waals surface area contributed by atoms with Crippen molar-refractivity contribution in [2.24, 2.45) is 0 Å². The molecule has 0 aliphatic rings. The molecule has 5 heteroatoms. The van der Waals surface area contributed by atoms with Crippen molar-refractivity contribution in [1.82, 2.24) is 15.1 Å². The van der Waals surface area contributed by atoms with Gasteiger partial charge in [0.1, 0.15) is 0 Å². The molecule has 4 nitrogen and oxygen atoms in total. The number of unbranched alkanes of at least 4 members (excludes halogenated alkanes) is 4. The van der Waals surface area contributed by atoms with E-state index in [0.717, 1.165) is 77.5 Å². The lowest BCUT2D eigenvalue weighted by Crippen LogP contribution is -2.49. The third kappa shape index (κ3) is 10.5. The molecule has 0 radical (unpaired) electrons. The topological polar surface area (TPSA) is 35.6 Å². The molecule has 0 saturated heterocycles. The maximum Gasteiger partial charge on any atom is 0.323 e. The van der Waals surface area contributed by atoms with Gasteiger partial charge in [0.05, 0.1) is 0 Å². The second-order valence-corrected chi connectivity index (χ2v) is 6.51. The molecule has 0 unspecified atom stereocenters. The zero-order chi connectivity index (χ0) is 17.5. The molecule has 0 spiro atoms. The summed E-state index contributed by atoms with van der Waals surface area (Å²) in [6, 6.07) is -0.0325. The molecule has 0 heterocycles. The summed E-state index contributed by atoms with van der Waals surface area (Å²) in [6.45, 7) is 12.1. The van der Waals surface area contributed by atoms with Crippen LogP contribution >= 0.6 is 12.2 Å². The number of nitrogens with one attached hydrogen (secondary N) is 1. The third-order valence-corrected chi connectivity index (χ3v) is 4.27. The molecule has 0 aromatic carbocycles. The first-order valence-electron chi connectivity index (χ1n) is 9.45. The predicted molar refractivity (Wildman–Crippen MR) is 104 cm³/mol. The summed E-state index contributed by atoms with van der Waals surface area (Å²) in [4.78, 5) is 16.6. The van der Waals surface area contributed by atoms with Crippen LogP contribution in [0.3, 0.4) is 0 Å². The van der Waals surface area contributed by atoms with Crippen molar-refractivity contribution in [3.8, 4) is 0 Å². The Kier molecular flexibility index (Phi) is 14.2. The minimum absolute atomic E-state index is 0.0325. The van der Waals surface area contributed by atoms with E-state index in [9.17, 15) is 4.79 Å². The summed E-state index contributed by atoms with van der Waals surface area (Å²) in [5, 5.41) is 3.55. The van der Waals surface area contributed by atoms with Gasteiger partial charge >= 0.3 is 6.03 Å². The Bertz CT molecular complexity index is 277. The highest BCUT2D eigenvalue weighted by Crippen LogP contribution is 2.03. The average Bonchev–Trinajstić information content (AvgIpc) is 2.54. The normalized spacial score (nSPS) is 10.4. The number of amides is 2. The smallest absolute Gasteiger partial charge is 0.323 e. The quantitative estimate of drug-likeness (QED) is 0.518. The van der Waals surface area contributed by atoms with Crippen LogP contribution in [0.2, 0.25) is 0 Å². The maximum absolute atomic E-state index is 12.5. The van der Waals surface area contributed by atoms with E-state index in [1.807, 2.05) is 4.90 Å². The number of carbonyl (C=O) groups is 1. The van der Waals surface area contributed by atoms with Crippen molar-refractivity contribution in [2.45, 2.75) is 79.1 Å². The van der Waals surface area contributed by atoms with E-state index >= 15 is 0 Å². The summed E-state index contributed by atoms with van der Waals surface area (Å²) in [7, 11) is 0. The summed E-state index contributed by atoms with van der Waals surface area (Å²) in [5.41, 5.74) is 0. The van der Waals surface area contributed by atoms with E-state index in [1.165, 1.54) is 0 Å². The SMILES string of the molecule is CCCCN(CCCC)C(=O)NC(=S)N(CCCC)CCCC. The fourth-order valence-corrected chi connectivity index (χ4v) is 2.55. The first kappa shape index (κ1) is 22.2. The molecule has 0 aliphatic carbocycles. The minimum atomic E-state index is -0.0325. The predicted octanol–water partition coefficient (Wildman–Crippen LogP) is 4.79. The zero-order valence-electron chi connectivity index (χ0n) is 15.7. The van der Waals surface area contributed by atoms with Crippen molar-refractivity contribution < 1.29 is 4.79 Å². The van der Waals surface area contributed by atoms with Crippen molar-refractivity contribution in [2.75, 3.05) is 26.2 Å². The fourth-order valence-electron chi connectivity index (χ4n) is 2.28. The van der Waals surface area contributed by atoms with Gasteiger partial charge in [-0.3, -0.25) is 5.32 Å². The molecule has 0 aliphatic heterocycles. The lowest BCUT2D eigenvalue weighted by molar-refractivity contribution is 0.200. The largest absolute Gasteiger partial charge is 0.349 e. The van der Waals surface area contributed by atoms with E-state index in [2.05, 4.69) is 37.9 Å². The Morgan fingerprint density at radius 3 is 1.43 bits per heavy atom. The molecular weight excluding hydrogens is 306 g/mol. The van der Waals surface area contributed by atoms with Crippen LogP contribution in [0.5, 0.6) is 0 Å². The van der Waals surface area contributed by atoms with E-state index in [1.54, 1.807) is 0 Å². The van der Waals surface area contributed by atoms with Gasteiger partial charge in [0, 0.05) is 26.2 Å². The summed E-state index contributed by atoms with van der Waals surface area (Å²) in [6.07, 6.45) is 8.76. The Labute approximate surface area is 149 Å². The van der Waals surface area contributed by atoms with Gasteiger partial charge in [0.2, 0.25) is 0 Å². The molecule has 0 aromatic heterocycles. The first-order chi connectivity index (χ1) is 11.1. The molecule has 0 bridgehead atoms. The number of urea groups is 1. The second kappa shape index (κ2) is 14.7. The molecule has 0 rings (SSSR count). The lowest BCUT2D eigenvalue weighted by atomic mass is 10.2. The molecule has 2 amide bonds. The molecule has 0 aromatic rings. The third-order valence-electron chi connectivity index (χ3n) is 3.91. The van der Waals surface area contributed by atoms with Crippen molar-refractivity contribution in [1.29, 1.82) is 0 Å². The van der Waals surface area contributed by atoms with Gasteiger partial charge in [-0.1, -0.05) is 53.4 Å². The van der Waals surface area contributed by atoms with Crippen LogP contribution in [-0.4, -0.2) is 47.1 Å². The van der Waals surface area contributed by atoms with Crippen molar-refractivity contribution in [3.63, 3.8) is 0 Å². The van der Waals surface area contributed by atoms with Gasteiger partial charge in [0.25, 0.3) is 0 Å². The number of hydrogen-bond donors (Lipinski definition) is 1. The number of hydrogen-bond acceptors (Lipinski definition) is 2. The van der Waals surface area contributed by atoms with Crippen LogP contribution in [0, 0.1) is 0 Å². The van der Waals surface area contributed by atoms with E-state index < -0.39 is 0 Å². The monoisotopic (exact) mass is 343 g/mol. The minimum Gasteiger partial charge on any atom is -0.349 e. The molecule has 0 saturated carbocycles. The fraction of sp³-hybridized carbons (Fsp3) is 0.889. The van der Waals surface area contributed by atoms with Crippen molar-refractivity contribution in [3.05, 3.63) is 0 Å². The molecule has 136 valence electrons. The summed E-state index contributed by atoms with van der Waals surface area (Å²) < 4.78 is 0. The van der Waals surface area contributed by atoms with Crippen LogP contribution in [0.4, 0.5) is 4.79 Å². The van der Waals surface area contributed by atoms with Crippen LogP contribution in [0.25, 0.3) is 0 Å². The highest BCUT2D eigenvalue weighted by Gasteiger charge is 2.16. The van der Waals surface area contributed by atoms with Gasteiger partial charge < -0.3 is 9.80 Å². The highest BCUT2D eigenvalue weighted by atomic mass is 32.1. The van der Waals surface area contributed by atoms with Gasteiger partial charge in [0.15, 0.2) is 5.11 Å². The molecule has 1 N–H and O–H groups in total. The van der Waals surface area contributed by atoms with Gasteiger partial charge in [-0.15, -0.1) is 0 Å². The van der Waals surface area contributed by atoms with E-state index in [4.69, 9.17) is 12.2 Å². The highest BCUT2D eigenvalue weighted by molar-refractivity contribution is 7.80. The Morgan fingerprint density at radius 1 is 0.739 bits per heavy atom. The first-order valence-corrected chi connectivity index (χ1v) is 9.86. The number of rotatable bonds is 12. The molecule has 23 heavy (non-hydrogen) atoms. The van der Waals surface area contributed by atoms with Crippen molar-refractivity contribution >= 4 is 23.4 Å². The van der Waals surface area contributed by atoms with Crippen LogP contribution in [0.15, 0.2) is 0 Å². The van der Waals surface area contributed by atoms with Crippen LogP contribution in [0.1, 0.15) is 79.1 Å². The second-order valence-electron chi connectivity index (χ2n) is 6.12.